The molecule has 1 fully saturated rings. The van der Waals surface area contributed by atoms with Crippen molar-refractivity contribution in [1.29, 1.82) is 0 Å². The van der Waals surface area contributed by atoms with Crippen molar-refractivity contribution in [2.24, 2.45) is 5.73 Å². The molecule has 0 heterocycles. The minimum absolute atomic E-state index is 0.0202. The lowest BCUT2D eigenvalue weighted by molar-refractivity contribution is 0.478. The van der Waals surface area contributed by atoms with Crippen LogP contribution in [0.3, 0.4) is 0 Å². The van der Waals surface area contributed by atoms with Gasteiger partial charge < -0.3 is 5.73 Å². The average Bonchev–Trinajstić information content (AvgIpc) is 2.98. The van der Waals surface area contributed by atoms with E-state index >= 15 is 0 Å². The highest BCUT2D eigenvalue weighted by atomic mass is 35.5. The van der Waals surface area contributed by atoms with Crippen molar-refractivity contribution in [1.82, 2.24) is 0 Å². The topological polar surface area (TPSA) is 26.0 Å². The van der Waals surface area contributed by atoms with Gasteiger partial charge in [0.1, 0.15) is 6.67 Å². The van der Waals surface area contributed by atoms with Gasteiger partial charge in [0.25, 0.3) is 0 Å². The second kappa shape index (κ2) is 3.52. The molecule has 1 aromatic carbocycles. The summed E-state index contributed by atoms with van der Waals surface area (Å²) in [5.41, 5.74) is 7.36. The zero-order chi connectivity index (χ0) is 10.2. The monoisotopic (exact) mass is 213 g/mol. The van der Waals surface area contributed by atoms with Gasteiger partial charge >= 0.3 is 0 Å². The van der Waals surface area contributed by atoms with Gasteiger partial charge in [0.15, 0.2) is 0 Å². The molecule has 1 aromatic rings. The molecule has 1 aliphatic carbocycles. The molecule has 0 bridgehead atoms. The summed E-state index contributed by atoms with van der Waals surface area (Å²) in [5, 5.41) is 0.518. The molecule has 0 saturated heterocycles. The largest absolute Gasteiger partial charge is 0.330 e. The molecule has 0 atom stereocenters. The van der Waals surface area contributed by atoms with Crippen molar-refractivity contribution in [3.63, 3.8) is 0 Å². The SMILES string of the molecule is NCC1(c2cccc(Cl)c2CF)CC1. The van der Waals surface area contributed by atoms with Crippen LogP contribution < -0.4 is 5.73 Å². The van der Waals surface area contributed by atoms with E-state index in [1.165, 1.54) is 0 Å². The fourth-order valence-electron chi connectivity index (χ4n) is 1.93. The van der Waals surface area contributed by atoms with Crippen molar-refractivity contribution in [2.45, 2.75) is 24.9 Å². The maximum absolute atomic E-state index is 12.8. The molecule has 0 unspecified atom stereocenters. The number of nitrogens with two attached hydrogens (primary N) is 1. The molecule has 0 radical (unpaired) electrons. The molecule has 76 valence electrons. The van der Waals surface area contributed by atoms with Crippen LogP contribution in [0.4, 0.5) is 4.39 Å². The second-order valence-corrected chi connectivity index (χ2v) is 4.29. The van der Waals surface area contributed by atoms with Crippen molar-refractivity contribution < 1.29 is 4.39 Å². The summed E-state index contributed by atoms with van der Waals surface area (Å²) in [7, 11) is 0. The normalized spacial score (nSPS) is 18.2. The van der Waals surface area contributed by atoms with Crippen LogP contribution in [0.15, 0.2) is 18.2 Å². The lowest BCUT2D eigenvalue weighted by Crippen LogP contribution is -2.21. The van der Waals surface area contributed by atoms with E-state index < -0.39 is 6.67 Å². The number of hydrogen-bond acceptors (Lipinski definition) is 1. The van der Waals surface area contributed by atoms with Crippen LogP contribution in [-0.4, -0.2) is 6.54 Å². The maximum Gasteiger partial charge on any atom is 0.116 e. The first-order valence-electron chi connectivity index (χ1n) is 4.77. The van der Waals surface area contributed by atoms with E-state index in [0.717, 1.165) is 18.4 Å². The highest BCUT2D eigenvalue weighted by Gasteiger charge is 2.44. The number of rotatable bonds is 3. The van der Waals surface area contributed by atoms with Gasteiger partial charge in [-0.15, -0.1) is 0 Å². The Balaban J connectivity index is 2.47. The van der Waals surface area contributed by atoms with Crippen molar-refractivity contribution in [3.05, 3.63) is 34.3 Å². The summed E-state index contributed by atoms with van der Waals surface area (Å²) in [4.78, 5) is 0. The summed E-state index contributed by atoms with van der Waals surface area (Å²) >= 11 is 5.94. The Hall–Kier alpha value is -0.600. The van der Waals surface area contributed by atoms with Gasteiger partial charge in [-0.2, -0.15) is 0 Å². The highest BCUT2D eigenvalue weighted by molar-refractivity contribution is 6.31. The summed E-state index contributed by atoms with van der Waals surface area (Å²) in [6, 6.07) is 5.54. The fraction of sp³-hybridized carbons (Fsp3) is 0.455. The van der Waals surface area contributed by atoms with Gasteiger partial charge in [-0.25, -0.2) is 4.39 Å². The minimum atomic E-state index is -0.503. The maximum atomic E-state index is 12.8. The van der Waals surface area contributed by atoms with Crippen molar-refractivity contribution in [2.75, 3.05) is 6.54 Å². The molecule has 0 amide bonds. The first kappa shape index (κ1) is 9.94. The molecular weight excluding hydrogens is 201 g/mol. The standard InChI is InChI=1S/C11H13ClFN/c12-10-3-1-2-9(8(10)6-13)11(7-14)4-5-11/h1-3H,4-7,14H2. The Morgan fingerprint density at radius 3 is 2.64 bits per heavy atom. The molecular formula is C11H13ClFN. The predicted octanol–water partition coefficient (Wildman–Crippen LogP) is 2.80. The number of benzene rings is 1. The van der Waals surface area contributed by atoms with E-state index in [9.17, 15) is 4.39 Å². The van der Waals surface area contributed by atoms with Crippen molar-refractivity contribution in [3.8, 4) is 0 Å². The Bertz CT molecular complexity index is 347. The first-order chi connectivity index (χ1) is 6.73. The van der Waals surface area contributed by atoms with Crippen LogP contribution in [0.5, 0.6) is 0 Å². The predicted molar refractivity (Wildman–Crippen MR) is 56.2 cm³/mol. The number of alkyl halides is 1. The van der Waals surface area contributed by atoms with E-state index in [1.54, 1.807) is 6.07 Å². The molecule has 1 aliphatic rings. The molecule has 3 heteroatoms. The Morgan fingerprint density at radius 1 is 1.43 bits per heavy atom. The quantitative estimate of drug-likeness (QED) is 0.821. The first-order valence-corrected chi connectivity index (χ1v) is 5.15. The highest BCUT2D eigenvalue weighted by Crippen LogP contribution is 2.49. The van der Waals surface area contributed by atoms with Crippen LogP contribution in [0, 0.1) is 0 Å². The van der Waals surface area contributed by atoms with Gasteiger partial charge in [-0.3, -0.25) is 0 Å². The van der Waals surface area contributed by atoms with Crippen LogP contribution in [0.25, 0.3) is 0 Å². The van der Waals surface area contributed by atoms with Crippen molar-refractivity contribution >= 4 is 11.6 Å². The number of hydrogen-bond donors (Lipinski definition) is 1. The van der Waals surface area contributed by atoms with Crippen LogP contribution in [-0.2, 0) is 12.1 Å². The third-order valence-electron chi connectivity index (χ3n) is 3.07. The Kier molecular flexibility index (Phi) is 2.50. The van der Waals surface area contributed by atoms with Gasteiger partial charge in [0, 0.05) is 22.5 Å². The summed E-state index contributed by atoms with van der Waals surface area (Å²) in [6.45, 7) is 0.0805. The van der Waals surface area contributed by atoms with E-state index in [1.807, 2.05) is 12.1 Å². The van der Waals surface area contributed by atoms with Crippen LogP contribution in [0.1, 0.15) is 24.0 Å². The van der Waals surface area contributed by atoms with E-state index in [0.29, 0.717) is 17.1 Å². The molecule has 0 aliphatic heterocycles. The number of halogens is 2. The van der Waals surface area contributed by atoms with Gasteiger partial charge in [-0.05, 0) is 24.5 Å². The molecule has 0 aromatic heterocycles. The van der Waals surface area contributed by atoms with Gasteiger partial charge in [-0.1, -0.05) is 23.7 Å². The molecule has 14 heavy (non-hydrogen) atoms. The Labute approximate surface area is 88.1 Å². The van der Waals surface area contributed by atoms with Crippen LogP contribution >= 0.6 is 11.6 Å². The van der Waals surface area contributed by atoms with E-state index in [2.05, 4.69) is 0 Å². The average molecular weight is 214 g/mol. The summed E-state index contributed by atoms with van der Waals surface area (Å²) < 4.78 is 12.8. The zero-order valence-electron chi connectivity index (χ0n) is 7.89. The molecule has 1 nitrogen and oxygen atoms in total. The molecule has 1 saturated carbocycles. The fourth-order valence-corrected chi connectivity index (χ4v) is 2.15. The third kappa shape index (κ3) is 1.43. The van der Waals surface area contributed by atoms with Crippen LogP contribution in [0.2, 0.25) is 5.02 Å². The second-order valence-electron chi connectivity index (χ2n) is 3.88. The lowest BCUT2D eigenvalue weighted by Gasteiger charge is -2.17. The summed E-state index contributed by atoms with van der Waals surface area (Å²) in [5.74, 6) is 0. The van der Waals surface area contributed by atoms with E-state index in [-0.39, 0.29) is 5.41 Å². The Morgan fingerprint density at radius 2 is 2.14 bits per heavy atom. The minimum Gasteiger partial charge on any atom is -0.330 e. The van der Waals surface area contributed by atoms with Gasteiger partial charge in [0.05, 0.1) is 0 Å². The molecule has 0 spiro atoms. The molecule has 2 N–H and O–H groups in total. The summed E-state index contributed by atoms with van der Waals surface area (Å²) in [6.07, 6.45) is 2.10. The molecule has 2 rings (SSSR count). The smallest absolute Gasteiger partial charge is 0.116 e. The third-order valence-corrected chi connectivity index (χ3v) is 3.42. The lowest BCUT2D eigenvalue weighted by atomic mass is 9.92. The van der Waals surface area contributed by atoms with Gasteiger partial charge in [0.2, 0.25) is 0 Å². The van der Waals surface area contributed by atoms with E-state index in [4.69, 9.17) is 17.3 Å². The zero-order valence-corrected chi connectivity index (χ0v) is 8.65.